The van der Waals surface area contributed by atoms with Crippen molar-refractivity contribution in [2.24, 2.45) is 0 Å². The molecule has 0 bridgehead atoms. The molecule has 0 aliphatic rings. The SMILES string of the molecule is O=C(NCCCn1cc(Cl)cn1)c1cc(C(F)(F)F)[nH]n1. The quantitative estimate of drug-likeness (QED) is 0.828. The first-order valence-corrected chi connectivity index (χ1v) is 6.33. The van der Waals surface area contributed by atoms with Crippen LogP contribution in [0.25, 0.3) is 0 Å². The molecule has 0 aliphatic carbocycles. The van der Waals surface area contributed by atoms with Gasteiger partial charge in [-0.25, -0.2) is 0 Å². The van der Waals surface area contributed by atoms with Crippen molar-refractivity contribution in [3.8, 4) is 0 Å². The zero-order chi connectivity index (χ0) is 15.5. The predicted molar refractivity (Wildman–Crippen MR) is 67.8 cm³/mol. The molecule has 1 amide bonds. The summed E-state index contributed by atoms with van der Waals surface area (Å²) in [6.45, 7) is 0.811. The van der Waals surface area contributed by atoms with Gasteiger partial charge in [0.1, 0.15) is 5.69 Å². The van der Waals surface area contributed by atoms with E-state index in [1.807, 2.05) is 0 Å². The number of carbonyl (C=O) groups is 1. The van der Waals surface area contributed by atoms with Gasteiger partial charge >= 0.3 is 6.18 Å². The Morgan fingerprint density at radius 1 is 1.48 bits per heavy atom. The third-order valence-electron chi connectivity index (χ3n) is 2.57. The molecular formula is C11H11ClF3N5O. The first-order chi connectivity index (χ1) is 9.86. The molecule has 6 nitrogen and oxygen atoms in total. The maximum atomic E-state index is 12.3. The van der Waals surface area contributed by atoms with Crippen LogP contribution < -0.4 is 5.32 Å². The zero-order valence-electron chi connectivity index (χ0n) is 10.6. The van der Waals surface area contributed by atoms with Crippen molar-refractivity contribution < 1.29 is 18.0 Å². The molecule has 0 fully saturated rings. The van der Waals surface area contributed by atoms with Gasteiger partial charge in [-0.05, 0) is 6.42 Å². The molecule has 2 rings (SSSR count). The van der Waals surface area contributed by atoms with Crippen LogP contribution in [0.1, 0.15) is 22.6 Å². The van der Waals surface area contributed by atoms with Crippen LogP contribution in [0, 0.1) is 0 Å². The van der Waals surface area contributed by atoms with Gasteiger partial charge in [0.2, 0.25) is 0 Å². The van der Waals surface area contributed by atoms with Crippen LogP contribution in [0.5, 0.6) is 0 Å². The van der Waals surface area contributed by atoms with Crippen molar-refractivity contribution in [2.45, 2.75) is 19.1 Å². The number of H-pyrrole nitrogens is 1. The highest BCUT2D eigenvalue weighted by molar-refractivity contribution is 6.30. The fourth-order valence-electron chi connectivity index (χ4n) is 1.58. The van der Waals surface area contributed by atoms with Crippen molar-refractivity contribution >= 4 is 17.5 Å². The summed E-state index contributed by atoms with van der Waals surface area (Å²) in [4.78, 5) is 11.6. The molecular weight excluding hydrogens is 311 g/mol. The van der Waals surface area contributed by atoms with Crippen LogP contribution in [0.3, 0.4) is 0 Å². The molecule has 0 atom stereocenters. The lowest BCUT2D eigenvalue weighted by Crippen LogP contribution is -2.25. The number of aryl methyl sites for hydroxylation is 1. The van der Waals surface area contributed by atoms with Crippen molar-refractivity contribution in [1.29, 1.82) is 0 Å². The second-order valence-electron chi connectivity index (χ2n) is 4.20. The number of aromatic nitrogens is 4. The maximum absolute atomic E-state index is 12.3. The Balaban J connectivity index is 1.78. The van der Waals surface area contributed by atoms with Gasteiger partial charge in [-0.2, -0.15) is 23.4 Å². The first kappa shape index (κ1) is 15.4. The normalized spacial score (nSPS) is 11.6. The van der Waals surface area contributed by atoms with Gasteiger partial charge in [0, 0.05) is 25.4 Å². The van der Waals surface area contributed by atoms with Gasteiger partial charge in [0.15, 0.2) is 5.69 Å². The lowest BCUT2D eigenvalue weighted by molar-refractivity contribution is -0.141. The van der Waals surface area contributed by atoms with E-state index in [9.17, 15) is 18.0 Å². The number of hydrogen-bond acceptors (Lipinski definition) is 3. The third-order valence-corrected chi connectivity index (χ3v) is 2.76. The zero-order valence-corrected chi connectivity index (χ0v) is 11.4. The van der Waals surface area contributed by atoms with Crippen LogP contribution in [-0.2, 0) is 12.7 Å². The Bertz CT molecular complexity index is 621. The molecule has 2 aromatic rings. The van der Waals surface area contributed by atoms with Crippen molar-refractivity contribution in [3.63, 3.8) is 0 Å². The second-order valence-corrected chi connectivity index (χ2v) is 4.63. The molecule has 0 saturated carbocycles. The van der Waals surface area contributed by atoms with Crippen LogP contribution in [0.2, 0.25) is 5.02 Å². The van der Waals surface area contributed by atoms with Gasteiger partial charge in [-0.1, -0.05) is 11.6 Å². The number of rotatable bonds is 5. The monoisotopic (exact) mass is 321 g/mol. The summed E-state index contributed by atoms with van der Waals surface area (Å²) in [6, 6.07) is 0.669. The molecule has 21 heavy (non-hydrogen) atoms. The smallest absolute Gasteiger partial charge is 0.351 e. The number of nitrogens with zero attached hydrogens (tertiary/aromatic N) is 3. The summed E-state index contributed by atoms with van der Waals surface area (Å²) in [5, 5.41) is 12.0. The highest BCUT2D eigenvalue weighted by atomic mass is 35.5. The summed E-state index contributed by atoms with van der Waals surface area (Å²) in [5.74, 6) is -0.666. The number of alkyl halides is 3. The summed E-state index contributed by atoms with van der Waals surface area (Å²) >= 11 is 5.69. The largest absolute Gasteiger partial charge is 0.432 e. The topological polar surface area (TPSA) is 75.6 Å². The number of carbonyl (C=O) groups excluding carboxylic acids is 1. The predicted octanol–water partition coefficient (Wildman–Crippen LogP) is 2.10. The van der Waals surface area contributed by atoms with E-state index in [0.717, 1.165) is 0 Å². The molecule has 0 spiro atoms. The van der Waals surface area contributed by atoms with Gasteiger partial charge in [-0.15, -0.1) is 0 Å². The Hall–Kier alpha value is -2.03. The number of amides is 1. The van der Waals surface area contributed by atoms with Crippen LogP contribution >= 0.6 is 11.6 Å². The van der Waals surface area contributed by atoms with E-state index in [1.54, 1.807) is 16.0 Å². The van der Waals surface area contributed by atoms with E-state index >= 15 is 0 Å². The molecule has 10 heteroatoms. The van der Waals surface area contributed by atoms with E-state index in [4.69, 9.17) is 11.6 Å². The molecule has 0 aromatic carbocycles. The van der Waals surface area contributed by atoms with Crippen LogP contribution in [0.4, 0.5) is 13.2 Å². The van der Waals surface area contributed by atoms with E-state index in [-0.39, 0.29) is 12.2 Å². The van der Waals surface area contributed by atoms with Crippen molar-refractivity contribution in [1.82, 2.24) is 25.3 Å². The Morgan fingerprint density at radius 3 is 2.81 bits per heavy atom. The summed E-state index contributed by atoms with van der Waals surface area (Å²) < 4.78 is 38.6. The molecule has 2 heterocycles. The number of nitrogens with one attached hydrogen (secondary N) is 2. The lowest BCUT2D eigenvalue weighted by atomic mass is 10.3. The Labute approximate surface area is 122 Å². The van der Waals surface area contributed by atoms with Gasteiger partial charge in [-0.3, -0.25) is 14.6 Å². The molecule has 0 aliphatic heterocycles. The van der Waals surface area contributed by atoms with E-state index in [2.05, 4.69) is 15.5 Å². The molecule has 2 N–H and O–H groups in total. The second kappa shape index (κ2) is 6.17. The number of halogens is 4. The average molecular weight is 322 g/mol. The highest BCUT2D eigenvalue weighted by Crippen LogP contribution is 2.27. The lowest BCUT2D eigenvalue weighted by Gasteiger charge is -2.03. The van der Waals surface area contributed by atoms with E-state index in [1.165, 1.54) is 6.20 Å². The van der Waals surface area contributed by atoms with Gasteiger partial charge in [0.05, 0.1) is 11.2 Å². The summed E-state index contributed by atoms with van der Waals surface area (Å²) in [6.07, 6.45) is -0.875. The fourth-order valence-corrected chi connectivity index (χ4v) is 1.73. The van der Waals surface area contributed by atoms with E-state index < -0.39 is 17.8 Å². The summed E-state index contributed by atoms with van der Waals surface area (Å²) in [7, 11) is 0. The fraction of sp³-hybridized carbons (Fsp3) is 0.364. The third kappa shape index (κ3) is 4.22. The molecule has 0 unspecified atom stereocenters. The Kier molecular flexibility index (Phi) is 4.51. The maximum Gasteiger partial charge on any atom is 0.432 e. The van der Waals surface area contributed by atoms with Gasteiger partial charge < -0.3 is 5.32 Å². The van der Waals surface area contributed by atoms with Crippen LogP contribution in [-0.4, -0.2) is 32.4 Å². The van der Waals surface area contributed by atoms with Crippen LogP contribution in [0.15, 0.2) is 18.5 Å². The van der Waals surface area contributed by atoms with Crippen molar-refractivity contribution in [3.05, 3.63) is 34.9 Å². The summed E-state index contributed by atoms with van der Waals surface area (Å²) in [5.41, 5.74) is -1.36. The molecule has 0 radical (unpaired) electrons. The Morgan fingerprint density at radius 2 is 2.24 bits per heavy atom. The molecule has 114 valence electrons. The minimum Gasteiger partial charge on any atom is -0.351 e. The standard InChI is InChI=1S/C11H11ClF3N5O/c12-7-5-17-20(6-7)3-1-2-16-10(21)8-4-9(19-18-8)11(13,14)15/h4-6H,1-3H2,(H,16,21)(H,18,19). The van der Waals surface area contributed by atoms with E-state index in [0.29, 0.717) is 24.1 Å². The average Bonchev–Trinajstić information content (AvgIpc) is 3.02. The number of hydrogen-bond donors (Lipinski definition) is 2. The highest BCUT2D eigenvalue weighted by Gasteiger charge is 2.33. The molecule has 2 aromatic heterocycles. The van der Waals surface area contributed by atoms with Gasteiger partial charge in [0.25, 0.3) is 5.91 Å². The minimum atomic E-state index is -4.55. The van der Waals surface area contributed by atoms with Crippen molar-refractivity contribution in [2.75, 3.05) is 6.54 Å². The minimum absolute atomic E-state index is 0.282. The number of aromatic amines is 1. The molecule has 0 saturated heterocycles. The first-order valence-electron chi connectivity index (χ1n) is 5.95.